The van der Waals surface area contributed by atoms with Crippen LogP contribution in [0.2, 0.25) is 0 Å². The van der Waals surface area contributed by atoms with Crippen molar-refractivity contribution in [1.29, 1.82) is 5.26 Å². The Morgan fingerprint density at radius 1 is 1.15 bits per heavy atom. The molecule has 2 aromatic rings. The van der Waals surface area contributed by atoms with Gasteiger partial charge in [0, 0.05) is 56.2 Å². The van der Waals surface area contributed by atoms with Gasteiger partial charge >= 0.3 is 0 Å². The predicted octanol–water partition coefficient (Wildman–Crippen LogP) is 2.13. The van der Waals surface area contributed by atoms with Crippen LogP contribution in [-0.2, 0) is 17.8 Å². The molecule has 0 N–H and O–H groups in total. The maximum atomic E-state index is 14.0. The molecule has 138 valence electrons. The summed E-state index contributed by atoms with van der Waals surface area (Å²) in [5.74, 6) is 1.84. The van der Waals surface area contributed by atoms with Gasteiger partial charge in [0.2, 0.25) is 0 Å². The molecule has 0 aliphatic carbocycles. The van der Waals surface area contributed by atoms with Crippen molar-refractivity contribution in [3.8, 4) is 6.07 Å². The van der Waals surface area contributed by atoms with Gasteiger partial charge in [-0.25, -0.2) is 14.4 Å². The average Bonchev–Trinajstić information content (AvgIpc) is 3.26. The Morgan fingerprint density at radius 3 is 2.59 bits per heavy atom. The zero-order valence-electron chi connectivity index (χ0n) is 14.9. The zero-order chi connectivity index (χ0) is 18.4. The maximum absolute atomic E-state index is 14.0. The van der Waals surface area contributed by atoms with Gasteiger partial charge in [0.05, 0.1) is 24.5 Å². The van der Waals surface area contributed by atoms with Crippen LogP contribution >= 0.6 is 0 Å². The molecule has 5 rings (SSSR count). The average molecular weight is 365 g/mol. The number of rotatable bonds is 2. The summed E-state index contributed by atoms with van der Waals surface area (Å²) in [4.78, 5) is 13.3. The number of fused-ring (bicyclic) bond motifs is 2. The van der Waals surface area contributed by atoms with Crippen molar-refractivity contribution < 1.29 is 9.13 Å². The van der Waals surface area contributed by atoms with Crippen LogP contribution in [0.1, 0.15) is 16.8 Å². The molecule has 0 radical (unpaired) electrons. The Bertz CT molecular complexity index is 913. The minimum Gasteiger partial charge on any atom is -0.376 e. The largest absolute Gasteiger partial charge is 0.376 e. The first-order valence-corrected chi connectivity index (χ1v) is 9.34. The minimum atomic E-state index is -0.264. The van der Waals surface area contributed by atoms with Crippen LogP contribution in [0.4, 0.5) is 16.0 Å². The van der Waals surface area contributed by atoms with Gasteiger partial charge in [-0.1, -0.05) is 0 Å². The smallest absolute Gasteiger partial charge is 0.165 e. The maximum Gasteiger partial charge on any atom is 0.165 e. The first-order chi connectivity index (χ1) is 13.2. The lowest BCUT2D eigenvalue weighted by Crippen LogP contribution is -2.31. The normalized spacial score (nSPS) is 23.9. The second-order valence-electron chi connectivity index (χ2n) is 7.52. The van der Waals surface area contributed by atoms with Gasteiger partial charge in [-0.05, 0) is 18.2 Å². The number of hydrogen-bond acceptors (Lipinski definition) is 6. The highest BCUT2D eigenvalue weighted by atomic mass is 19.1. The van der Waals surface area contributed by atoms with E-state index in [2.05, 4.69) is 16.0 Å². The minimum absolute atomic E-state index is 0.264. The van der Waals surface area contributed by atoms with Crippen molar-refractivity contribution in [2.24, 2.45) is 11.8 Å². The molecule has 3 aliphatic heterocycles. The molecule has 7 heteroatoms. The molecular weight excluding hydrogens is 345 g/mol. The summed E-state index contributed by atoms with van der Waals surface area (Å²) < 4.78 is 19.5. The van der Waals surface area contributed by atoms with Gasteiger partial charge in [-0.15, -0.1) is 0 Å². The van der Waals surface area contributed by atoms with Crippen molar-refractivity contribution in [2.75, 3.05) is 42.6 Å². The van der Waals surface area contributed by atoms with Gasteiger partial charge < -0.3 is 14.5 Å². The van der Waals surface area contributed by atoms with Gasteiger partial charge in [-0.2, -0.15) is 5.26 Å². The van der Waals surface area contributed by atoms with Gasteiger partial charge in [0.25, 0.3) is 0 Å². The van der Waals surface area contributed by atoms with E-state index in [1.165, 1.54) is 6.07 Å². The molecule has 5 heterocycles. The number of anilines is 2. The Morgan fingerprint density at radius 2 is 1.89 bits per heavy atom. The molecule has 2 fully saturated rings. The molecule has 0 spiro atoms. The van der Waals surface area contributed by atoms with E-state index in [-0.39, 0.29) is 5.82 Å². The number of nitrogens with zero attached hydrogens (tertiary/aromatic N) is 5. The summed E-state index contributed by atoms with van der Waals surface area (Å²) >= 11 is 0. The summed E-state index contributed by atoms with van der Waals surface area (Å²) in [6.45, 7) is 4.47. The first-order valence-electron chi connectivity index (χ1n) is 9.34. The van der Waals surface area contributed by atoms with E-state index in [0.717, 1.165) is 49.7 Å². The second kappa shape index (κ2) is 6.46. The van der Waals surface area contributed by atoms with Gasteiger partial charge in [0.15, 0.2) is 11.6 Å². The highest BCUT2D eigenvalue weighted by Gasteiger charge is 2.42. The highest BCUT2D eigenvalue weighted by Crippen LogP contribution is 2.37. The van der Waals surface area contributed by atoms with Crippen molar-refractivity contribution >= 4 is 11.6 Å². The Kier molecular flexibility index (Phi) is 3.94. The topological polar surface area (TPSA) is 65.3 Å². The van der Waals surface area contributed by atoms with E-state index < -0.39 is 0 Å². The third kappa shape index (κ3) is 2.81. The highest BCUT2D eigenvalue weighted by molar-refractivity contribution is 5.57. The van der Waals surface area contributed by atoms with E-state index >= 15 is 0 Å². The molecule has 2 unspecified atom stereocenters. The summed E-state index contributed by atoms with van der Waals surface area (Å²) in [7, 11) is 0. The van der Waals surface area contributed by atoms with E-state index in [1.807, 2.05) is 11.0 Å². The Labute approximate surface area is 157 Å². The zero-order valence-corrected chi connectivity index (χ0v) is 14.9. The van der Waals surface area contributed by atoms with E-state index in [9.17, 15) is 9.65 Å². The molecular formula is C20H20FN5O. The summed E-state index contributed by atoms with van der Waals surface area (Å²) in [5.41, 5.74) is 2.69. The number of aromatic nitrogens is 2. The van der Waals surface area contributed by atoms with Crippen LogP contribution in [0.15, 0.2) is 24.4 Å². The third-order valence-corrected chi connectivity index (χ3v) is 5.86. The lowest BCUT2D eigenvalue weighted by molar-refractivity contribution is 0.109. The van der Waals surface area contributed by atoms with E-state index in [4.69, 9.17) is 9.72 Å². The molecule has 2 aromatic heterocycles. The third-order valence-electron chi connectivity index (χ3n) is 5.86. The number of pyridine rings is 2. The van der Waals surface area contributed by atoms with Crippen molar-refractivity contribution in [3.63, 3.8) is 0 Å². The summed E-state index contributed by atoms with van der Waals surface area (Å²) in [5, 5.41) is 9.59. The Balaban J connectivity index is 1.36. The number of ether oxygens (including phenoxy) is 1. The van der Waals surface area contributed by atoms with Crippen molar-refractivity contribution in [2.45, 2.75) is 13.0 Å². The fourth-order valence-corrected chi connectivity index (χ4v) is 4.55. The molecule has 0 amide bonds. The van der Waals surface area contributed by atoms with Crippen LogP contribution in [0.25, 0.3) is 0 Å². The predicted molar refractivity (Wildman–Crippen MR) is 97.9 cm³/mol. The van der Waals surface area contributed by atoms with Crippen LogP contribution < -0.4 is 9.80 Å². The molecule has 2 atom stereocenters. The fraction of sp³-hybridized carbons (Fsp3) is 0.450. The van der Waals surface area contributed by atoms with Crippen molar-refractivity contribution in [1.82, 2.24) is 9.97 Å². The quantitative estimate of drug-likeness (QED) is 0.812. The number of halogens is 1. The SMILES string of the molecule is N#Cc1cc2c(nc1N1CC3CN(c4ncccc4F)CC3C1)CCOC2. The monoisotopic (exact) mass is 365 g/mol. The molecule has 2 saturated heterocycles. The molecule has 0 aromatic carbocycles. The van der Waals surface area contributed by atoms with Gasteiger partial charge in [0.1, 0.15) is 11.9 Å². The summed E-state index contributed by atoms with van der Waals surface area (Å²) in [6, 6.07) is 7.31. The van der Waals surface area contributed by atoms with Crippen LogP contribution in [0.3, 0.4) is 0 Å². The van der Waals surface area contributed by atoms with Crippen LogP contribution in [-0.4, -0.2) is 42.8 Å². The lowest BCUT2D eigenvalue weighted by atomic mass is 10.0. The van der Waals surface area contributed by atoms with Crippen molar-refractivity contribution in [3.05, 3.63) is 47.0 Å². The Hall–Kier alpha value is -2.72. The van der Waals surface area contributed by atoms with Crippen LogP contribution in [0.5, 0.6) is 0 Å². The molecule has 3 aliphatic rings. The molecule has 0 saturated carbocycles. The molecule has 0 bridgehead atoms. The first kappa shape index (κ1) is 16.5. The van der Waals surface area contributed by atoms with E-state index in [1.54, 1.807) is 12.3 Å². The molecule has 27 heavy (non-hydrogen) atoms. The van der Waals surface area contributed by atoms with E-state index in [0.29, 0.717) is 36.4 Å². The van der Waals surface area contributed by atoms with Gasteiger partial charge in [-0.3, -0.25) is 0 Å². The number of nitriles is 1. The molecule has 6 nitrogen and oxygen atoms in total. The second-order valence-corrected chi connectivity index (χ2v) is 7.52. The number of hydrogen-bond donors (Lipinski definition) is 0. The van der Waals surface area contributed by atoms with Crippen LogP contribution in [0, 0.1) is 29.0 Å². The standard InChI is InChI=1S/C20H20FN5O/c21-17-2-1-4-23-20(17)26-10-15-8-25(9-16(15)11-26)19-13(7-22)6-14-12-27-5-3-18(14)24-19/h1-2,4,6,15-16H,3,5,8-12H2. The fourth-order valence-electron chi connectivity index (χ4n) is 4.55. The summed E-state index contributed by atoms with van der Waals surface area (Å²) in [6.07, 6.45) is 2.43. The lowest BCUT2D eigenvalue weighted by Gasteiger charge is -2.25.